The number of hydrogen-bond acceptors (Lipinski definition) is 5. The highest BCUT2D eigenvalue weighted by atomic mass is 16.6. The molecule has 0 aromatic rings. The lowest BCUT2D eigenvalue weighted by atomic mass is 10.4. The summed E-state index contributed by atoms with van der Waals surface area (Å²) in [6, 6.07) is 0. The Bertz CT molecular complexity index is 309. The molecule has 2 atom stereocenters. The Morgan fingerprint density at radius 3 is 2.21 bits per heavy atom. The van der Waals surface area contributed by atoms with Gasteiger partial charge in [-0.25, -0.2) is 4.79 Å². The van der Waals surface area contributed by atoms with E-state index in [9.17, 15) is 4.79 Å². The first-order valence-corrected chi connectivity index (χ1v) is 5.91. The van der Waals surface area contributed by atoms with Gasteiger partial charge in [0.2, 0.25) is 0 Å². The lowest BCUT2D eigenvalue weighted by Crippen LogP contribution is -2.20. The van der Waals surface area contributed by atoms with E-state index in [1.165, 1.54) is 0 Å². The molecular formula is C13H26N2O4. The Morgan fingerprint density at radius 1 is 1.32 bits per heavy atom. The van der Waals surface area contributed by atoms with Crippen LogP contribution in [0.5, 0.6) is 0 Å². The molecule has 2 aliphatic heterocycles. The molecule has 0 saturated carbocycles. The fourth-order valence-corrected chi connectivity index (χ4v) is 1.76. The van der Waals surface area contributed by atoms with Crippen LogP contribution < -0.4 is 0 Å². The quantitative estimate of drug-likeness (QED) is 0.764. The molecule has 2 fully saturated rings. The predicted octanol–water partition coefficient (Wildman–Crippen LogP) is 1.53. The molecule has 2 aliphatic rings. The van der Waals surface area contributed by atoms with Gasteiger partial charge in [0.05, 0.1) is 19.7 Å². The fraction of sp³-hybridized carbons (Fsp3) is 0.769. The van der Waals surface area contributed by atoms with Crippen LogP contribution in [0.1, 0.15) is 14.4 Å². The van der Waals surface area contributed by atoms with Gasteiger partial charge in [-0.2, -0.15) is 0 Å². The standard InChI is InChI=1S/C7H13NO2.C5H9NO2.CH4/c1-6-8(2)4-7(10-6)5-9-3;1-4-3-6(2)5(7)8-4;/h7H,1,4-5H2,2-3H3;4H,3H2,1-2H3;1H4. The molecule has 112 valence electrons. The zero-order chi connectivity index (χ0) is 13.7. The van der Waals surface area contributed by atoms with Crippen LogP contribution in [0.25, 0.3) is 0 Å². The van der Waals surface area contributed by atoms with Crippen LogP contribution in [0.2, 0.25) is 0 Å². The van der Waals surface area contributed by atoms with Gasteiger partial charge in [0.25, 0.3) is 0 Å². The molecule has 0 N–H and O–H groups in total. The zero-order valence-corrected chi connectivity index (χ0v) is 11.5. The summed E-state index contributed by atoms with van der Waals surface area (Å²) in [6.07, 6.45) is 0.0347. The molecule has 0 aromatic carbocycles. The van der Waals surface area contributed by atoms with Crippen molar-refractivity contribution in [2.45, 2.75) is 26.6 Å². The molecule has 2 heterocycles. The normalized spacial score (nSPS) is 25.3. The topological polar surface area (TPSA) is 51.2 Å². The average molecular weight is 274 g/mol. The minimum absolute atomic E-state index is 0. The number of rotatable bonds is 2. The van der Waals surface area contributed by atoms with Gasteiger partial charge in [-0.15, -0.1) is 0 Å². The van der Waals surface area contributed by atoms with E-state index < -0.39 is 0 Å². The summed E-state index contributed by atoms with van der Waals surface area (Å²) >= 11 is 0. The number of cyclic esters (lactones) is 1. The molecule has 19 heavy (non-hydrogen) atoms. The third-order valence-electron chi connectivity index (χ3n) is 2.70. The van der Waals surface area contributed by atoms with Crippen molar-refractivity contribution in [3.8, 4) is 0 Å². The van der Waals surface area contributed by atoms with Crippen molar-refractivity contribution in [1.29, 1.82) is 0 Å². The Hall–Kier alpha value is -1.43. The highest BCUT2D eigenvalue weighted by Gasteiger charge is 2.24. The van der Waals surface area contributed by atoms with E-state index >= 15 is 0 Å². The van der Waals surface area contributed by atoms with Gasteiger partial charge in [-0.1, -0.05) is 7.43 Å². The van der Waals surface area contributed by atoms with E-state index in [-0.39, 0.29) is 25.7 Å². The van der Waals surface area contributed by atoms with E-state index in [0.29, 0.717) is 6.61 Å². The van der Waals surface area contributed by atoms with Crippen LogP contribution >= 0.6 is 0 Å². The molecule has 0 aromatic heterocycles. The smallest absolute Gasteiger partial charge is 0.409 e. The van der Waals surface area contributed by atoms with Crippen LogP contribution in [0.4, 0.5) is 4.79 Å². The molecule has 2 unspecified atom stereocenters. The van der Waals surface area contributed by atoms with Crippen molar-refractivity contribution in [3.63, 3.8) is 0 Å². The molecule has 0 spiro atoms. The van der Waals surface area contributed by atoms with Gasteiger partial charge in [-0.05, 0) is 13.5 Å². The Balaban J connectivity index is 0.000000331. The van der Waals surface area contributed by atoms with E-state index in [4.69, 9.17) is 14.2 Å². The highest BCUT2D eigenvalue weighted by Crippen LogP contribution is 2.14. The average Bonchev–Trinajstić information content (AvgIpc) is 2.73. The summed E-state index contributed by atoms with van der Waals surface area (Å²) < 4.78 is 15.0. The van der Waals surface area contributed by atoms with Gasteiger partial charge < -0.3 is 24.0 Å². The maximum atomic E-state index is 10.5. The van der Waals surface area contributed by atoms with E-state index in [0.717, 1.165) is 19.0 Å². The Morgan fingerprint density at radius 2 is 1.95 bits per heavy atom. The maximum absolute atomic E-state index is 10.5. The number of amides is 1. The van der Waals surface area contributed by atoms with Gasteiger partial charge in [0.15, 0.2) is 5.88 Å². The van der Waals surface area contributed by atoms with E-state index in [1.807, 2.05) is 18.9 Å². The van der Waals surface area contributed by atoms with Crippen LogP contribution in [0.3, 0.4) is 0 Å². The first-order valence-electron chi connectivity index (χ1n) is 5.91. The minimum Gasteiger partial charge on any atom is -0.472 e. The summed E-state index contributed by atoms with van der Waals surface area (Å²) in [7, 11) is 5.36. The summed E-state index contributed by atoms with van der Waals surface area (Å²) in [6.45, 7) is 7.84. The lowest BCUT2D eigenvalue weighted by molar-refractivity contribution is 0.0692. The summed E-state index contributed by atoms with van der Waals surface area (Å²) in [5, 5.41) is 0. The molecule has 1 amide bonds. The third-order valence-corrected chi connectivity index (χ3v) is 2.70. The second-order valence-corrected chi connectivity index (χ2v) is 4.54. The monoisotopic (exact) mass is 274 g/mol. The second kappa shape index (κ2) is 7.89. The Kier molecular flexibility index (Phi) is 7.29. The molecule has 6 heteroatoms. The van der Waals surface area contributed by atoms with Crippen molar-refractivity contribution in [3.05, 3.63) is 12.5 Å². The van der Waals surface area contributed by atoms with Crippen LogP contribution in [0.15, 0.2) is 12.5 Å². The van der Waals surface area contributed by atoms with Crippen molar-refractivity contribution in [2.75, 3.05) is 40.9 Å². The largest absolute Gasteiger partial charge is 0.472 e. The number of carbonyl (C=O) groups is 1. The number of hydrogen-bond donors (Lipinski definition) is 0. The van der Waals surface area contributed by atoms with E-state index in [1.54, 1.807) is 19.1 Å². The maximum Gasteiger partial charge on any atom is 0.409 e. The van der Waals surface area contributed by atoms with Crippen molar-refractivity contribution >= 4 is 6.09 Å². The second-order valence-electron chi connectivity index (χ2n) is 4.54. The predicted molar refractivity (Wildman–Crippen MR) is 73.8 cm³/mol. The molecule has 0 radical (unpaired) electrons. The van der Waals surface area contributed by atoms with Crippen LogP contribution in [0, 0.1) is 0 Å². The molecule has 0 bridgehead atoms. The van der Waals surface area contributed by atoms with Crippen LogP contribution in [-0.4, -0.2) is 69.0 Å². The highest BCUT2D eigenvalue weighted by molar-refractivity contribution is 5.69. The number of methoxy groups -OCH3 is 1. The first-order chi connectivity index (χ1) is 8.43. The molecule has 0 aliphatic carbocycles. The fourth-order valence-electron chi connectivity index (χ4n) is 1.76. The zero-order valence-electron chi connectivity index (χ0n) is 11.5. The molecule has 2 saturated heterocycles. The molecule has 2 rings (SSSR count). The molecular weight excluding hydrogens is 248 g/mol. The number of likely N-dealkylation sites (N-methyl/N-ethyl adjacent to an activating group) is 2. The van der Waals surface area contributed by atoms with Crippen molar-refractivity contribution in [1.82, 2.24) is 9.80 Å². The summed E-state index contributed by atoms with van der Waals surface area (Å²) in [5.41, 5.74) is 0. The molecule has 6 nitrogen and oxygen atoms in total. The summed E-state index contributed by atoms with van der Waals surface area (Å²) in [5.74, 6) is 0.738. The van der Waals surface area contributed by atoms with Crippen molar-refractivity contribution in [2.24, 2.45) is 0 Å². The first kappa shape index (κ1) is 17.6. The number of nitrogens with zero attached hydrogens (tertiary/aromatic N) is 2. The minimum atomic E-state index is -0.211. The summed E-state index contributed by atoms with van der Waals surface area (Å²) in [4.78, 5) is 14.0. The SMILES string of the molecule is C.C=C1OC(COC)CN1C.CC1CN(C)C(=O)O1. The van der Waals surface area contributed by atoms with Gasteiger partial charge >= 0.3 is 6.09 Å². The van der Waals surface area contributed by atoms with E-state index in [2.05, 4.69) is 6.58 Å². The van der Waals surface area contributed by atoms with Gasteiger partial charge in [0.1, 0.15) is 12.2 Å². The number of ether oxygens (including phenoxy) is 3. The van der Waals surface area contributed by atoms with Crippen molar-refractivity contribution < 1.29 is 19.0 Å². The van der Waals surface area contributed by atoms with Gasteiger partial charge in [0, 0.05) is 21.2 Å². The third kappa shape index (κ3) is 5.38. The van der Waals surface area contributed by atoms with Crippen LogP contribution in [-0.2, 0) is 14.2 Å². The van der Waals surface area contributed by atoms with Gasteiger partial charge in [-0.3, -0.25) is 0 Å². The number of carbonyl (C=O) groups excluding carboxylic acids is 1. The Labute approximate surface area is 115 Å². The lowest BCUT2D eigenvalue weighted by Gasteiger charge is -2.05.